The van der Waals surface area contributed by atoms with Gasteiger partial charge in [-0.25, -0.2) is 9.97 Å². The Balaban J connectivity index is 1.66. The lowest BCUT2D eigenvalue weighted by molar-refractivity contribution is 0.442. The molecule has 2 aromatic heterocycles. The molecule has 0 aliphatic carbocycles. The Morgan fingerprint density at radius 3 is 2.61 bits per heavy atom. The van der Waals surface area contributed by atoms with Crippen molar-refractivity contribution >= 4 is 17.6 Å². The predicted octanol–water partition coefficient (Wildman–Crippen LogP) is 5.08. The Hall–Kier alpha value is -2.95. The summed E-state index contributed by atoms with van der Waals surface area (Å²) < 4.78 is 0. The topological polar surface area (TPSA) is 53.9 Å². The van der Waals surface area contributed by atoms with E-state index in [0.29, 0.717) is 5.95 Å². The van der Waals surface area contributed by atoms with Gasteiger partial charge in [0.05, 0.1) is 5.69 Å². The van der Waals surface area contributed by atoms with Crippen LogP contribution in [0.3, 0.4) is 0 Å². The highest BCUT2D eigenvalue weighted by Crippen LogP contribution is 2.33. The Morgan fingerprint density at radius 1 is 1.00 bits per heavy atom. The maximum Gasteiger partial charge on any atom is 0.224 e. The van der Waals surface area contributed by atoms with Crippen molar-refractivity contribution in [2.45, 2.75) is 33.6 Å². The zero-order chi connectivity index (χ0) is 19.6. The van der Waals surface area contributed by atoms with Crippen molar-refractivity contribution in [3.8, 4) is 11.3 Å². The summed E-state index contributed by atoms with van der Waals surface area (Å²) in [6, 6.07) is 16.6. The van der Waals surface area contributed by atoms with Gasteiger partial charge in [-0.2, -0.15) is 4.98 Å². The van der Waals surface area contributed by atoms with E-state index < -0.39 is 0 Å². The highest BCUT2D eigenvalue weighted by atomic mass is 15.3. The minimum Gasteiger partial charge on any atom is -0.354 e. The Bertz CT molecular complexity index is 947. The third kappa shape index (κ3) is 4.14. The van der Waals surface area contributed by atoms with Crippen LogP contribution in [-0.4, -0.2) is 28.0 Å². The molecule has 0 unspecified atom stereocenters. The van der Waals surface area contributed by atoms with Gasteiger partial charge in [0.25, 0.3) is 0 Å². The van der Waals surface area contributed by atoms with Crippen LogP contribution >= 0.6 is 0 Å². The average molecular weight is 374 g/mol. The predicted molar refractivity (Wildman–Crippen MR) is 115 cm³/mol. The molecule has 4 rings (SSSR count). The van der Waals surface area contributed by atoms with Gasteiger partial charge in [0, 0.05) is 24.8 Å². The van der Waals surface area contributed by atoms with Crippen molar-refractivity contribution in [3.63, 3.8) is 0 Å². The minimum absolute atomic E-state index is 0.170. The number of fused-ring (bicyclic) bond motifs is 1. The number of pyridine rings is 1. The van der Waals surface area contributed by atoms with E-state index in [1.807, 2.05) is 30.5 Å². The molecule has 144 valence electrons. The molecule has 0 radical (unpaired) electrons. The molecule has 3 heterocycles. The van der Waals surface area contributed by atoms with Crippen molar-refractivity contribution in [1.29, 1.82) is 0 Å². The van der Waals surface area contributed by atoms with E-state index in [-0.39, 0.29) is 5.41 Å². The van der Waals surface area contributed by atoms with Crippen LogP contribution in [0.15, 0.2) is 54.7 Å². The maximum atomic E-state index is 5.00. The number of rotatable bonds is 4. The lowest BCUT2D eigenvalue weighted by Crippen LogP contribution is -2.27. The number of anilines is 3. The molecule has 0 saturated carbocycles. The molecule has 3 aromatic rings. The second kappa shape index (κ2) is 7.58. The highest BCUT2D eigenvalue weighted by molar-refractivity contribution is 5.68. The van der Waals surface area contributed by atoms with Gasteiger partial charge in [-0.05, 0) is 36.0 Å². The zero-order valence-electron chi connectivity index (χ0n) is 16.8. The van der Waals surface area contributed by atoms with Crippen LogP contribution in [0, 0.1) is 5.41 Å². The van der Waals surface area contributed by atoms with Crippen molar-refractivity contribution < 1.29 is 0 Å². The smallest absolute Gasteiger partial charge is 0.224 e. The summed E-state index contributed by atoms with van der Waals surface area (Å²) in [5.74, 6) is 2.57. The number of aromatic nitrogens is 3. The summed E-state index contributed by atoms with van der Waals surface area (Å²) in [7, 11) is 0. The number of nitrogens with zero attached hydrogens (tertiary/aromatic N) is 4. The lowest BCUT2D eigenvalue weighted by Gasteiger charge is -2.30. The zero-order valence-corrected chi connectivity index (χ0v) is 16.8. The molecule has 0 atom stereocenters. The fourth-order valence-electron chi connectivity index (χ4n) is 3.36. The summed E-state index contributed by atoms with van der Waals surface area (Å²) in [5.41, 5.74) is 3.56. The summed E-state index contributed by atoms with van der Waals surface area (Å²) in [6.07, 6.45) is 3.96. The van der Waals surface area contributed by atoms with E-state index in [4.69, 9.17) is 9.97 Å². The second-order valence-electron chi connectivity index (χ2n) is 8.45. The van der Waals surface area contributed by atoms with Gasteiger partial charge >= 0.3 is 0 Å². The largest absolute Gasteiger partial charge is 0.354 e. The first-order chi connectivity index (χ1) is 13.5. The van der Waals surface area contributed by atoms with Gasteiger partial charge in [0.1, 0.15) is 11.6 Å². The Kier molecular flexibility index (Phi) is 4.99. The average Bonchev–Trinajstić information content (AvgIpc) is 2.72. The summed E-state index contributed by atoms with van der Waals surface area (Å²) in [5, 5.41) is 3.36. The number of benzene rings is 1. The van der Waals surface area contributed by atoms with Gasteiger partial charge in [-0.1, -0.05) is 57.2 Å². The van der Waals surface area contributed by atoms with Crippen LogP contribution in [0.2, 0.25) is 0 Å². The van der Waals surface area contributed by atoms with Gasteiger partial charge in [0.15, 0.2) is 0 Å². The molecule has 0 spiro atoms. The van der Waals surface area contributed by atoms with E-state index in [9.17, 15) is 0 Å². The van der Waals surface area contributed by atoms with Crippen molar-refractivity contribution in [1.82, 2.24) is 15.0 Å². The number of nitrogens with one attached hydrogen (secondary N) is 1. The molecule has 0 saturated heterocycles. The molecule has 1 N–H and O–H groups in total. The molecular weight excluding hydrogens is 346 g/mol. The summed E-state index contributed by atoms with van der Waals surface area (Å²) in [4.78, 5) is 16.4. The van der Waals surface area contributed by atoms with Crippen LogP contribution in [0.25, 0.3) is 11.3 Å². The molecule has 1 aliphatic heterocycles. The first kappa shape index (κ1) is 18.4. The van der Waals surface area contributed by atoms with Crippen LogP contribution in [-0.2, 0) is 6.42 Å². The van der Waals surface area contributed by atoms with Crippen LogP contribution in [0.1, 0.15) is 32.8 Å². The first-order valence-electron chi connectivity index (χ1n) is 9.89. The SMILES string of the molecule is CC(C)(C)CNc1nccc(N2CCCc3ccc(-c4ccccc4)nc32)n1. The van der Waals surface area contributed by atoms with Crippen molar-refractivity contribution in [3.05, 3.63) is 60.3 Å². The molecule has 28 heavy (non-hydrogen) atoms. The molecule has 5 nitrogen and oxygen atoms in total. The summed E-state index contributed by atoms with van der Waals surface area (Å²) in [6.45, 7) is 8.32. The van der Waals surface area contributed by atoms with Crippen LogP contribution < -0.4 is 10.2 Å². The lowest BCUT2D eigenvalue weighted by atomic mass is 9.97. The molecular formula is C23H27N5. The Morgan fingerprint density at radius 2 is 1.82 bits per heavy atom. The standard InChI is InChI=1S/C23H27N5/c1-23(2,3)16-25-22-24-14-13-20(27-22)28-15-7-10-18-11-12-19(26-21(18)28)17-8-5-4-6-9-17/h4-6,8-9,11-14H,7,10,15-16H2,1-3H3,(H,24,25,27). The van der Waals surface area contributed by atoms with Crippen LogP contribution in [0.4, 0.5) is 17.6 Å². The van der Waals surface area contributed by atoms with E-state index in [2.05, 4.69) is 60.2 Å². The van der Waals surface area contributed by atoms with Gasteiger partial charge in [-0.3, -0.25) is 0 Å². The highest BCUT2D eigenvalue weighted by Gasteiger charge is 2.22. The fourth-order valence-corrected chi connectivity index (χ4v) is 3.36. The first-order valence-corrected chi connectivity index (χ1v) is 9.89. The van der Waals surface area contributed by atoms with E-state index in [0.717, 1.165) is 48.8 Å². The monoisotopic (exact) mass is 373 g/mol. The molecule has 0 amide bonds. The minimum atomic E-state index is 0.170. The molecule has 1 aromatic carbocycles. The fraction of sp³-hybridized carbons (Fsp3) is 0.348. The molecule has 5 heteroatoms. The van der Waals surface area contributed by atoms with Gasteiger partial charge in [0.2, 0.25) is 5.95 Å². The van der Waals surface area contributed by atoms with Crippen molar-refractivity contribution in [2.24, 2.45) is 5.41 Å². The number of hydrogen-bond donors (Lipinski definition) is 1. The van der Waals surface area contributed by atoms with Crippen molar-refractivity contribution in [2.75, 3.05) is 23.3 Å². The van der Waals surface area contributed by atoms with Gasteiger partial charge < -0.3 is 10.2 Å². The number of hydrogen-bond acceptors (Lipinski definition) is 5. The van der Waals surface area contributed by atoms with Gasteiger partial charge in [-0.15, -0.1) is 0 Å². The molecule has 0 bridgehead atoms. The van der Waals surface area contributed by atoms with E-state index in [1.54, 1.807) is 0 Å². The normalized spacial score (nSPS) is 13.9. The van der Waals surface area contributed by atoms with E-state index >= 15 is 0 Å². The maximum absolute atomic E-state index is 5.00. The quantitative estimate of drug-likeness (QED) is 0.691. The third-order valence-electron chi connectivity index (χ3n) is 4.80. The number of aryl methyl sites for hydroxylation is 1. The third-order valence-corrected chi connectivity index (χ3v) is 4.80. The second-order valence-corrected chi connectivity index (χ2v) is 8.45. The Labute approximate surface area is 166 Å². The van der Waals surface area contributed by atoms with Crippen LogP contribution in [0.5, 0.6) is 0 Å². The summed E-state index contributed by atoms with van der Waals surface area (Å²) >= 11 is 0. The van der Waals surface area contributed by atoms with E-state index in [1.165, 1.54) is 5.56 Å². The molecule has 0 fully saturated rings. The molecule has 1 aliphatic rings.